The maximum absolute atomic E-state index is 11.7. The maximum Gasteiger partial charge on any atom is 0.309 e. The van der Waals surface area contributed by atoms with Gasteiger partial charge in [0.2, 0.25) is 5.89 Å². The lowest BCUT2D eigenvalue weighted by atomic mass is 10.2. The smallest absolute Gasteiger partial charge is 0.309 e. The zero-order valence-electron chi connectivity index (χ0n) is 9.39. The Morgan fingerprint density at radius 2 is 2.00 bits per heavy atom. The minimum absolute atomic E-state index is 0.00755. The molecular formula is C12H10ClN3O2. The number of benzene rings is 1. The summed E-state index contributed by atoms with van der Waals surface area (Å²) in [6.07, 6.45) is 2.04. The molecule has 1 aliphatic carbocycles. The molecule has 1 N–H and O–H groups in total. The molecule has 0 aliphatic heterocycles. The molecule has 1 saturated carbocycles. The molecule has 1 aromatic carbocycles. The highest BCUT2D eigenvalue weighted by atomic mass is 35.5. The number of carbonyl (C=O) groups excluding carboxylic acids is 1. The number of nitrogens with one attached hydrogen (secondary N) is 1. The zero-order chi connectivity index (χ0) is 12.5. The molecule has 1 amide bonds. The molecule has 0 saturated heterocycles. The Balaban J connectivity index is 1.79. The average Bonchev–Trinajstić information content (AvgIpc) is 3.04. The Bertz CT molecular complexity index is 575. The van der Waals surface area contributed by atoms with Crippen molar-refractivity contribution in [1.29, 1.82) is 0 Å². The summed E-state index contributed by atoms with van der Waals surface area (Å²) in [6.45, 7) is 0. The van der Waals surface area contributed by atoms with Crippen molar-refractivity contribution in [3.8, 4) is 11.5 Å². The summed E-state index contributed by atoms with van der Waals surface area (Å²) in [5, 5.41) is 11.0. The number of carbonyl (C=O) groups is 1. The number of rotatable bonds is 3. The molecule has 2 aromatic rings. The zero-order valence-corrected chi connectivity index (χ0v) is 10.1. The highest BCUT2D eigenvalue weighted by Gasteiger charge is 2.26. The predicted molar refractivity (Wildman–Crippen MR) is 65.2 cm³/mol. The molecule has 5 nitrogen and oxygen atoms in total. The van der Waals surface area contributed by atoms with E-state index in [0.29, 0.717) is 10.9 Å². The van der Waals surface area contributed by atoms with Crippen LogP contribution in [0.15, 0.2) is 28.7 Å². The summed E-state index contributed by atoms with van der Waals surface area (Å²) in [5.74, 6) is -0.00956. The van der Waals surface area contributed by atoms with Crippen LogP contribution in [0.4, 0.5) is 0 Å². The van der Waals surface area contributed by atoms with Gasteiger partial charge in [0, 0.05) is 16.6 Å². The molecule has 0 atom stereocenters. The van der Waals surface area contributed by atoms with Gasteiger partial charge in [0.15, 0.2) is 0 Å². The van der Waals surface area contributed by atoms with Crippen LogP contribution in [0.5, 0.6) is 0 Å². The van der Waals surface area contributed by atoms with Crippen LogP contribution < -0.4 is 5.32 Å². The molecule has 0 unspecified atom stereocenters. The number of hydrogen-bond acceptors (Lipinski definition) is 4. The monoisotopic (exact) mass is 263 g/mol. The van der Waals surface area contributed by atoms with E-state index in [1.54, 1.807) is 24.3 Å². The van der Waals surface area contributed by atoms with Crippen molar-refractivity contribution >= 4 is 17.5 Å². The highest BCUT2D eigenvalue weighted by Crippen LogP contribution is 2.22. The van der Waals surface area contributed by atoms with E-state index in [1.165, 1.54) is 0 Å². The Morgan fingerprint density at radius 3 is 2.67 bits per heavy atom. The number of amides is 1. The van der Waals surface area contributed by atoms with Gasteiger partial charge in [-0.2, -0.15) is 0 Å². The molecule has 1 aliphatic rings. The van der Waals surface area contributed by atoms with Crippen molar-refractivity contribution in [1.82, 2.24) is 15.5 Å². The van der Waals surface area contributed by atoms with Gasteiger partial charge in [-0.15, -0.1) is 10.2 Å². The van der Waals surface area contributed by atoms with Crippen LogP contribution in [0.1, 0.15) is 23.5 Å². The van der Waals surface area contributed by atoms with E-state index >= 15 is 0 Å². The molecule has 1 heterocycles. The van der Waals surface area contributed by atoms with Gasteiger partial charge < -0.3 is 9.73 Å². The summed E-state index contributed by atoms with van der Waals surface area (Å²) < 4.78 is 5.32. The van der Waals surface area contributed by atoms with Crippen LogP contribution in [0.3, 0.4) is 0 Å². The fourth-order valence-electron chi connectivity index (χ4n) is 1.50. The van der Waals surface area contributed by atoms with E-state index < -0.39 is 0 Å². The highest BCUT2D eigenvalue weighted by molar-refractivity contribution is 6.30. The van der Waals surface area contributed by atoms with E-state index in [2.05, 4.69) is 15.5 Å². The fraction of sp³-hybridized carbons (Fsp3) is 0.250. The van der Waals surface area contributed by atoms with Gasteiger partial charge in [-0.05, 0) is 37.1 Å². The normalized spacial score (nSPS) is 14.5. The van der Waals surface area contributed by atoms with Crippen LogP contribution >= 0.6 is 11.6 Å². The summed E-state index contributed by atoms with van der Waals surface area (Å²) in [7, 11) is 0. The molecule has 1 aromatic heterocycles. The van der Waals surface area contributed by atoms with Crippen molar-refractivity contribution in [2.75, 3.05) is 0 Å². The molecule has 0 spiro atoms. The van der Waals surface area contributed by atoms with Gasteiger partial charge in [0.1, 0.15) is 0 Å². The van der Waals surface area contributed by atoms with Gasteiger partial charge in [0.05, 0.1) is 0 Å². The number of hydrogen-bond donors (Lipinski definition) is 1. The molecule has 18 heavy (non-hydrogen) atoms. The van der Waals surface area contributed by atoms with Crippen molar-refractivity contribution in [3.63, 3.8) is 0 Å². The third-order valence-corrected chi connectivity index (χ3v) is 2.87. The van der Waals surface area contributed by atoms with E-state index in [1.807, 2.05) is 0 Å². The first kappa shape index (κ1) is 11.2. The number of nitrogens with zero attached hydrogens (tertiary/aromatic N) is 2. The minimum atomic E-state index is -0.315. The average molecular weight is 264 g/mol. The lowest BCUT2D eigenvalue weighted by Crippen LogP contribution is -2.25. The first-order valence-electron chi connectivity index (χ1n) is 5.63. The number of halogens is 1. The topological polar surface area (TPSA) is 68.0 Å². The fourth-order valence-corrected chi connectivity index (χ4v) is 1.62. The van der Waals surface area contributed by atoms with Gasteiger partial charge in [-0.3, -0.25) is 4.79 Å². The Kier molecular flexibility index (Phi) is 2.76. The van der Waals surface area contributed by atoms with Crippen molar-refractivity contribution in [2.45, 2.75) is 18.9 Å². The van der Waals surface area contributed by atoms with Crippen LogP contribution in [-0.2, 0) is 0 Å². The first-order chi connectivity index (χ1) is 8.72. The second-order valence-electron chi connectivity index (χ2n) is 4.17. The maximum atomic E-state index is 11.7. The van der Waals surface area contributed by atoms with Crippen LogP contribution in [0, 0.1) is 0 Å². The third-order valence-electron chi connectivity index (χ3n) is 2.62. The summed E-state index contributed by atoms with van der Waals surface area (Å²) >= 11 is 5.79. The Morgan fingerprint density at radius 1 is 1.28 bits per heavy atom. The van der Waals surface area contributed by atoms with Crippen molar-refractivity contribution < 1.29 is 9.21 Å². The van der Waals surface area contributed by atoms with E-state index in [4.69, 9.17) is 16.0 Å². The lowest BCUT2D eigenvalue weighted by Gasteiger charge is -1.97. The predicted octanol–water partition coefficient (Wildman–Crippen LogP) is 2.28. The van der Waals surface area contributed by atoms with Crippen LogP contribution in [0.25, 0.3) is 11.5 Å². The van der Waals surface area contributed by atoms with Crippen molar-refractivity contribution in [2.24, 2.45) is 0 Å². The number of aromatic nitrogens is 2. The molecular weight excluding hydrogens is 254 g/mol. The first-order valence-corrected chi connectivity index (χ1v) is 6.00. The summed E-state index contributed by atoms with van der Waals surface area (Å²) in [5.41, 5.74) is 0.734. The second kappa shape index (κ2) is 4.42. The van der Waals surface area contributed by atoms with Gasteiger partial charge in [-0.1, -0.05) is 11.6 Å². The summed E-state index contributed by atoms with van der Waals surface area (Å²) in [4.78, 5) is 11.7. The standard InChI is InChI=1S/C12H10ClN3O2/c13-8-3-1-7(2-4-8)11-15-16-12(18-11)10(17)14-9-5-6-9/h1-4,9H,5-6H2,(H,14,17). The minimum Gasteiger partial charge on any atom is -0.412 e. The SMILES string of the molecule is O=C(NC1CC1)c1nnc(-c2ccc(Cl)cc2)o1. The van der Waals surface area contributed by atoms with E-state index in [0.717, 1.165) is 18.4 Å². The molecule has 92 valence electrons. The summed E-state index contributed by atoms with van der Waals surface area (Å²) in [6, 6.07) is 7.25. The van der Waals surface area contributed by atoms with E-state index in [-0.39, 0.29) is 17.8 Å². The van der Waals surface area contributed by atoms with Crippen molar-refractivity contribution in [3.05, 3.63) is 35.2 Å². The van der Waals surface area contributed by atoms with Crippen LogP contribution in [0.2, 0.25) is 5.02 Å². The third kappa shape index (κ3) is 2.36. The van der Waals surface area contributed by atoms with Gasteiger partial charge >= 0.3 is 11.8 Å². The molecule has 0 bridgehead atoms. The second-order valence-corrected chi connectivity index (χ2v) is 4.60. The van der Waals surface area contributed by atoms with Gasteiger partial charge in [0.25, 0.3) is 0 Å². The Hall–Kier alpha value is -1.88. The Labute approximate surface area is 108 Å². The largest absolute Gasteiger partial charge is 0.412 e. The molecule has 1 fully saturated rings. The quantitative estimate of drug-likeness (QED) is 0.922. The lowest BCUT2D eigenvalue weighted by molar-refractivity contribution is 0.0917. The van der Waals surface area contributed by atoms with E-state index in [9.17, 15) is 4.79 Å². The van der Waals surface area contributed by atoms with Gasteiger partial charge in [-0.25, -0.2) is 0 Å². The molecule has 3 rings (SSSR count). The molecule has 0 radical (unpaired) electrons. The van der Waals surface area contributed by atoms with Crippen LogP contribution in [-0.4, -0.2) is 22.1 Å². The molecule has 6 heteroatoms.